The molecule has 0 radical (unpaired) electrons. The molecule has 30 heavy (non-hydrogen) atoms. The third kappa shape index (κ3) is 5.57. The molecule has 0 fully saturated rings. The summed E-state index contributed by atoms with van der Waals surface area (Å²) in [6.45, 7) is 0.166. The number of nitrogens with zero attached hydrogens (tertiary/aromatic N) is 1. The maximum Gasteiger partial charge on any atom is 0.291 e. The fraction of sp³-hybridized carbons (Fsp3) is 0.182. The van der Waals surface area contributed by atoms with E-state index in [0.717, 1.165) is 16.7 Å². The molecule has 2 amide bonds. The predicted octanol–water partition coefficient (Wildman–Crippen LogP) is 4.89. The topological polar surface area (TPSA) is 81.0 Å². The average molecular weight is 426 g/mol. The van der Waals surface area contributed by atoms with E-state index in [9.17, 15) is 9.59 Å². The maximum absolute atomic E-state index is 12.4. The Kier molecular flexibility index (Phi) is 7.03. The highest BCUT2D eigenvalue weighted by molar-refractivity contribution is 8.13. The lowest BCUT2D eigenvalue weighted by atomic mass is 10.3. The maximum atomic E-state index is 12.4. The number of rotatable bonds is 7. The van der Waals surface area contributed by atoms with E-state index in [-0.39, 0.29) is 23.5 Å². The smallest absolute Gasteiger partial charge is 0.291 e. The van der Waals surface area contributed by atoms with E-state index in [1.54, 1.807) is 69.7 Å². The molecule has 8 heteroatoms. The first-order chi connectivity index (χ1) is 14.5. The molecule has 2 aromatic carbocycles. The van der Waals surface area contributed by atoms with Crippen LogP contribution in [0.5, 0.6) is 11.5 Å². The van der Waals surface area contributed by atoms with E-state index in [0.29, 0.717) is 22.9 Å². The lowest BCUT2D eigenvalue weighted by molar-refractivity contribution is 0.0992. The number of nitrogens with one attached hydrogen (secondary N) is 1. The minimum absolute atomic E-state index is 0.0646. The van der Waals surface area contributed by atoms with Crippen molar-refractivity contribution < 1.29 is 23.5 Å². The van der Waals surface area contributed by atoms with Crippen LogP contribution < -0.4 is 14.8 Å². The summed E-state index contributed by atoms with van der Waals surface area (Å²) in [4.78, 5) is 26.5. The molecule has 3 rings (SSSR count). The number of para-hydroxylation sites is 2. The van der Waals surface area contributed by atoms with Gasteiger partial charge in [-0.05, 0) is 60.3 Å². The van der Waals surface area contributed by atoms with E-state index >= 15 is 0 Å². The van der Waals surface area contributed by atoms with E-state index in [1.807, 2.05) is 12.1 Å². The van der Waals surface area contributed by atoms with Gasteiger partial charge in [0.25, 0.3) is 11.1 Å². The summed E-state index contributed by atoms with van der Waals surface area (Å²) in [5, 5.41) is 2.70. The normalized spacial score (nSPS) is 10.4. The first-order valence-corrected chi connectivity index (χ1v) is 9.93. The summed E-state index contributed by atoms with van der Waals surface area (Å²) < 4.78 is 16.5. The van der Waals surface area contributed by atoms with Gasteiger partial charge < -0.3 is 24.1 Å². The second-order valence-corrected chi connectivity index (χ2v) is 7.47. The number of hydrogen-bond acceptors (Lipinski definition) is 6. The van der Waals surface area contributed by atoms with Gasteiger partial charge in [0.2, 0.25) is 0 Å². The van der Waals surface area contributed by atoms with Crippen LogP contribution in [0.25, 0.3) is 0 Å². The number of carbonyl (C=O) groups is 2. The van der Waals surface area contributed by atoms with Gasteiger partial charge in [-0.3, -0.25) is 9.59 Å². The van der Waals surface area contributed by atoms with Crippen molar-refractivity contribution in [2.24, 2.45) is 0 Å². The quantitative estimate of drug-likeness (QED) is 0.542. The largest absolute Gasteiger partial charge is 0.493 e. The zero-order valence-electron chi connectivity index (χ0n) is 16.9. The minimum atomic E-state index is -0.372. The highest BCUT2D eigenvalue weighted by atomic mass is 32.2. The van der Waals surface area contributed by atoms with Crippen molar-refractivity contribution in [3.05, 3.63) is 72.2 Å². The Balaban J connectivity index is 1.56. The number of methoxy groups -OCH3 is 1. The minimum Gasteiger partial charge on any atom is -0.493 e. The van der Waals surface area contributed by atoms with Gasteiger partial charge in [-0.25, -0.2) is 0 Å². The Hall–Kier alpha value is -3.39. The zero-order valence-corrected chi connectivity index (χ0v) is 17.7. The zero-order chi connectivity index (χ0) is 21.5. The summed E-state index contributed by atoms with van der Waals surface area (Å²) in [5.41, 5.74) is 0.602. The van der Waals surface area contributed by atoms with Crippen molar-refractivity contribution in [1.82, 2.24) is 4.90 Å². The van der Waals surface area contributed by atoms with Gasteiger partial charge in [0.1, 0.15) is 12.4 Å². The van der Waals surface area contributed by atoms with Crippen molar-refractivity contribution in [2.45, 2.75) is 11.5 Å². The van der Waals surface area contributed by atoms with Crippen LogP contribution in [0.3, 0.4) is 0 Å². The van der Waals surface area contributed by atoms with Crippen molar-refractivity contribution >= 4 is 28.6 Å². The molecule has 1 aromatic heterocycles. The van der Waals surface area contributed by atoms with Crippen LogP contribution in [-0.2, 0) is 6.61 Å². The van der Waals surface area contributed by atoms with Crippen molar-refractivity contribution in [1.29, 1.82) is 0 Å². The van der Waals surface area contributed by atoms with Gasteiger partial charge in [-0.2, -0.15) is 0 Å². The molecule has 0 bridgehead atoms. The third-order valence-corrected chi connectivity index (χ3v) is 5.05. The third-order valence-electron chi connectivity index (χ3n) is 4.01. The molecule has 0 aliphatic heterocycles. The second-order valence-electron chi connectivity index (χ2n) is 6.45. The lowest BCUT2D eigenvalue weighted by Crippen LogP contribution is -2.16. The fourth-order valence-corrected chi connectivity index (χ4v) is 3.11. The van der Waals surface area contributed by atoms with Crippen LogP contribution in [0.15, 0.2) is 70.0 Å². The van der Waals surface area contributed by atoms with Gasteiger partial charge in [0.15, 0.2) is 17.3 Å². The molecular weight excluding hydrogens is 404 g/mol. The number of carbonyl (C=O) groups excluding carboxylic acids is 2. The molecule has 3 aromatic rings. The van der Waals surface area contributed by atoms with Crippen LogP contribution in [-0.4, -0.2) is 37.3 Å². The Morgan fingerprint density at radius 1 is 1.00 bits per heavy atom. The van der Waals surface area contributed by atoms with Crippen LogP contribution in [0.4, 0.5) is 10.5 Å². The first-order valence-electron chi connectivity index (χ1n) is 9.11. The molecule has 0 aliphatic carbocycles. The molecule has 1 heterocycles. The van der Waals surface area contributed by atoms with Crippen molar-refractivity contribution in [3.63, 3.8) is 0 Å². The predicted molar refractivity (Wildman–Crippen MR) is 115 cm³/mol. The molecule has 0 aliphatic rings. The van der Waals surface area contributed by atoms with E-state index in [2.05, 4.69) is 5.32 Å². The monoisotopic (exact) mass is 426 g/mol. The standard InChI is InChI=1S/C22H22N2O5S/c1-24(2)22(26)30-17-11-8-15(9-12-17)23-21(25)20-13-10-16(29-20)14-28-19-7-5-4-6-18(19)27-3/h4-13H,14H2,1-3H3,(H,23,25). The van der Waals surface area contributed by atoms with Gasteiger partial charge in [-0.15, -0.1) is 0 Å². The highest BCUT2D eigenvalue weighted by Crippen LogP contribution is 2.27. The number of ether oxygens (including phenoxy) is 2. The Bertz CT molecular complexity index is 1010. The summed E-state index contributed by atoms with van der Waals surface area (Å²) in [7, 11) is 4.97. The molecule has 0 spiro atoms. The molecule has 7 nitrogen and oxygen atoms in total. The summed E-state index contributed by atoms with van der Waals surface area (Å²) in [6, 6.07) is 17.6. The van der Waals surface area contributed by atoms with Crippen molar-refractivity contribution in [3.8, 4) is 11.5 Å². The molecule has 0 saturated heterocycles. The van der Waals surface area contributed by atoms with Crippen LogP contribution in [0.1, 0.15) is 16.3 Å². The Morgan fingerprint density at radius 2 is 1.70 bits per heavy atom. The van der Waals surface area contributed by atoms with Crippen molar-refractivity contribution in [2.75, 3.05) is 26.5 Å². The van der Waals surface area contributed by atoms with E-state index in [4.69, 9.17) is 13.9 Å². The van der Waals surface area contributed by atoms with Gasteiger partial charge in [-0.1, -0.05) is 12.1 Å². The lowest BCUT2D eigenvalue weighted by Gasteiger charge is -2.09. The molecule has 0 saturated carbocycles. The number of benzene rings is 2. The molecular formula is C22H22N2O5S. The fourth-order valence-electron chi connectivity index (χ4n) is 2.46. The van der Waals surface area contributed by atoms with Crippen LogP contribution >= 0.6 is 11.8 Å². The summed E-state index contributed by atoms with van der Waals surface area (Å²) >= 11 is 1.12. The number of thioether (sulfide) groups is 1. The van der Waals surface area contributed by atoms with Gasteiger partial charge >= 0.3 is 0 Å². The molecule has 156 valence electrons. The van der Waals surface area contributed by atoms with E-state index < -0.39 is 0 Å². The second kappa shape index (κ2) is 9.89. The first kappa shape index (κ1) is 21.3. The average Bonchev–Trinajstić information content (AvgIpc) is 3.23. The summed E-state index contributed by atoms with van der Waals surface area (Å²) in [5.74, 6) is 1.53. The van der Waals surface area contributed by atoms with Crippen LogP contribution in [0.2, 0.25) is 0 Å². The molecule has 0 atom stereocenters. The number of hydrogen-bond donors (Lipinski definition) is 1. The number of anilines is 1. The van der Waals surface area contributed by atoms with Gasteiger partial charge in [0.05, 0.1) is 7.11 Å². The summed E-state index contributed by atoms with van der Waals surface area (Å²) in [6.07, 6.45) is 0. The molecule has 0 unspecified atom stereocenters. The number of amides is 2. The SMILES string of the molecule is COc1ccccc1OCc1ccc(C(=O)Nc2ccc(SC(=O)N(C)C)cc2)o1. The molecule has 1 N–H and O–H groups in total. The van der Waals surface area contributed by atoms with Gasteiger partial charge in [0, 0.05) is 24.7 Å². The number of furan rings is 1. The Morgan fingerprint density at radius 3 is 2.37 bits per heavy atom. The van der Waals surface area contributed by atoms with Crippen LogP contribution in [0, 0.1) is 0 Å². The Labute approximate surface area is 179 Å². The van der Waals surface area contributed by atoms with E-state index in [1.165, 1.54) is 4.90 Å². The highest BCUT2D eigenvalue weighted by Gasteiger charge is 2.13.